The molecule has 0 aliphatic carbocycles. The van der Waals surface area contributed by atoms with Crippen molar-refractivity contribution in [1.29, 1.82) is 0 Å². The summed E-state index contributed by atoms with van der Waals surface area (Å²) >= 11 is 8.01. The molecule has 0 radical (unpaired) electrons. The van der Waals surface area contributed by atoms with E-state index in [4.69, 9.17) is 11.6 Å². The van der Waals surface area contributed by atoms with Gasteiger partial charge in [0.15, 0.2) is 0 Å². The van der Waals surface area contributed by atoms with Crippen LogP contribution in [0.1, 0.15) is 32.3 Å². The second kappa shape index (κ2) is 9.62. The standard InChI is InChI=1S/C15H23ClFNS/c1-3-8-18-12(11-19-9-4-2)10-13-14(16)6-5-7-15(13)17/h5-7,12,18H,3-4,8-11H2,1-2H3. The lowest BCUT2D eigenvalue weighted by molar-refractivity contribution is 0.530. The molecule has 1 unspecified atom stereocenters. The summed E-state index contributed by atoms with van der Waals surface area (Å²) in [6, 6.07) is 5.18. The Morgan fingerprint density at radius 3 is 2.74 bits per heavy atom. The maximum absolute atomic E-state index is 13.8. The average Bonchev–Trinajstić information content (AvgIpc) is 2.39. The lowest BCUT2D eigenvalue weighted by atomic mass is 10.1. The number of hydrogen-bond acceptors (Lipinski definition) is 2. The SMILES string of the molecule is CCCNC(CSCCC)Cc1c(F)cccc1Cl. The van der Waals surface area contributed by atoms with Crippen LogP contribution in [0, 0.1) is 5.82 Å². The first kappa shape index (κ1) is 16.8. The molecule has 4 heteroatoms. The first-order valence-electron chi connectivity index (χ1n) is 6.93. The highest BCUT2D eigenvalue weighted by Crippen LogP contribution is 2.21. The fourth-order valence-corrected chi connectivity index (χ4v) is 3.10. The van der Waals surface area contributed by atoms with Crippen LogP contribution in [0.2, 0.25) is 5.02 Å². The lowest BCUT2D eigenvalue weighted by Gasteiger charge is -2.19. The van der Waals surface area contributed by atoms with Gasteiger partial charge in [-0.05, 0) is 43.7 Å². The van der Waals surface area contributed by atoms with Crippen molar-refractivity contribution in [2.24, 2.45) is 0 Å². The van der Waals surface area contributed by atoms with E-state index in [1.807, 2.05) is 11.8 Å². The molecule has 1 aromatic rings. The molecular formula is C15H23ClFNS. The van der Waals surface area contributed by atoms with E-state index in [1.165, 1.54) is 12.5 Å². The molecule has 0 spiro atoms. The van der Waals surface area contributed by atoms with Crippen LogP contribution < -0.4 is 5.32 Å². The molecule has 1 aromatic carbocycles. The molecule has 0 bridgehead atoms. The van der Waals surface area contributed by atoms with Gasteiger partial charge < -0.3 is 5.32 Å². The zero-order valence-electron chi connectivity index (χ0n) is 11.7. The smallest absolute Gasteiger partial charge is 0.127 e. The Balaban J connectivity index is 2.64. The van der Waals surface area contributed by atoms with Crippen molar-refractivity contribution in [3.8, 4) is 0 Å². The monoisotopic (exact) mass is 303 g/mol. The van der Waals surface area contributed by atoms with E-state index in [0.717, 1.165) is 24.5 Å². The number of nitrogens with one attached hydrogen (secondary N) is 1. The molecule has 0 aliphatic rings. The Hall–Kier alpha value is -0.250. The topological polar surface area (TPSA) is 12.0 Å². The summed E-state index contributed by atoms with van der Waals surface area (Å²) in [6.45, 7) is 5.28. The summed E-state index contributed by atoms with van der Waals surface area (Å²) < 4.78 is 13.8. The summed E-state index contributed by atoms with van der Waals surface area (Å²) in [6.07, 6.45) is 2.91. The molecule has 0 fully saturated rings. The molecule has 108 valence electrons. The van der Waals surface area contributed by atoms with Crippen molar-refractivity contribution >= 4 is 23.4 Å². The quantitative estimate of drug-likeness (QED) is 0.673. The molecule has 1 atom stereocenters. The second-order valence-corrected chi connectivity index (χ2v) is 6.19. The average molecular weight is 304 g/mol. The van der Waals surface area contributed by atoms with Gasteiger partial charge in [0.05, 0.1) is 0 Å². The second-order valence-electron chi connectivity index (χ2n) is 4.63. The zero-order valence-corrected chi connectivity index (χ0v) is 13.3. The van der Waals surface area contributed by atoms with Gasteiger partial charge in [-0.3, -0.25) is 0 Å². The van der Waals surface area contributed by atoms with E-state index in [1.54, 1.807) is 12.1 Å². The van der Waals surface area contributed by atoms with Crippen LogP contribution in [-0.2, 0) is 6.42 Å². The summed E-state index contributed by atoms with van der Waals surface area (Å²) in [5, 5.41) is 4.02. The van der Waals surface area contributed by atoms with Gasteiger partial charge >= 0.3 is 0 Å². The van der Waals surface area contributed by atoms with Gasteiger partial charge in [0.25, 0.3) is 0 Å². The third-order valence-corrected chi connectivity index (χ3v) is 4.55. The number of hydrogen-bond donors (Lipinski definition) is 1. The predicted molar refractivity (Wildman–Crippen MR) is 84.8 cm³/mol. The van der Waals surface area contributed by atoms with E-state index in [2.05, 4.69) is 19.2 Å². The van der Waals surface area contributed by atoms with Crippen LogP contribution in [0.4, 0.5) is 4.39 Å². The van der Waals surface area contributed by atoms with Crippen molar-refractivity contribution in [3.63, 3.8) is 0 Å². The van der Waals surface area contributed by atoms with Gasteiger partial charge in [-0.15, -0.1) is 0 Å². The van der Waals surface area contributed by atoms with Gasteiger partial charge in [0.2, 0.25) is 0 Å². The van der Waals surface area contributed by atoms with Gasteiger partial charge in [-0.2, -0.15) is 11.8 Å². The molecule has 1 N–H and O–H groups in total. The van der Waals surface area contributed by atoms with E-state index in [-0.39, 0.29) is 11.9 Å². The fraction of sp³-hybridized carbons (Fsp3) is 0.600. The zero-order chi connectivity index (χ0) is 14.1. The van der Waals surface area contributed by atoms with Crippen LogP contribution >= 0.6 is 23.4 Å². The van der Waals surface area contributed by atoms with Crippen LogP contribution in [-0.4, -0.2) is 24.1 Å². The van der Waals surface area contributed by atoms with Crippen molar-refractivity contribution < 1.29 is 4.39 Å². The Kier molecular flexibility index (Phi) is 8.51. The summed E-state index contributed by atoms with van der Waals surface area (Å²) in [7, 11) is 0. The molecule has 19 heavy (non-hydrogen) atoms. The molecule has 1 rings (SSSR count). The van der Waals surface area contributed by atoms with E-state index in [9.17, 15) is 4.39 Å². The minimum Gasteiger partial charge on any atom is -0.313 e. The van der Waals surface area contributed by atoms with E-state index >= 15 is 0 Å². The lowest BCUT2D eigenvalue weighted by Crippen LogP contribution is -2.34. The van der Waals surface area contributed by atoms with Gasteiger partial charge in [-0.1, -0.05) is 31.5 Å². The molecular weight excluding hydrogens is 281 g/mol. The summed E-state index contributed by atoms with van der Waals surface area (Å²) in [5.41, 5.74) is 0.634. The molecule has 0 heterocycles. The third-order valence-electron chi connectivity index (χ3n) is 2.86. The van der Waals surface area contributed by atoms with Crippen molar-refractivity contribution in [2.75, 3.05) is 18.1 Å². The van der Waals surface area contributed by atoms with Crippen LogP contribution in [0.5, 0.6) is 0 Å². The van der Waals surface area contributed by atoms with E-state index in [0.29, 0.717) is 17.0 Å². The number of thioether (sulfide) groups is 1. The van der Waals surface area contributed by atoms with Crippen molar-refractivity contribution in [1.82, 2.24) is 5.32 Å². The maximum atomic E-state index is 13.8. The van der Waals surface area contributed by atoms with Crippen LogP contribution in [0.25, 0.3) is 0 Å². The minimum atomic E-state index is -0.198. The molecule has 0 saturated heterocycles. The highest BCUT2D eigenvalue weighted by Gasteiger charge is 2.14. The molecule has 0 amide bonds. The number of benzene rings is 1. The Morgan fingerprint density at radius 1 is 1.32 bits per heavy atom. The number of halogens is 2. The van der Waals surface area contributed by atoms with E-state index < -0.39 is 0 Å². The maximum Gasteiger partial charge on any atom is 0.127 e. The molecule has 0 saturated carbocycles. The van der Waals surface area contributed by atoms with Gasteiger partial charge in [0.1, 0.15) is 5.82 Å². The Bertz CT molecular complexity index is 353. The Labute approximate surface area is 125 Å². The first-order valence-corrected chi connectivity index (χ1v) is 8.46. The van der Waals surface area contributed by atoms with Crippen LogP contribution in [0.3, 0.4) is 0 Å². The first-order chi connectivity index (χ1) is 9.19. The van der Waals surface area contributed by atoms with Crippen molar-refractivity contribution in [2.45, 2.75) is 39.2 Å². The third kappa shape index (κ3) is 6.15. The number of rotatable bonds is 9. The van der Waals surface area contributed by atoms with Gasteiger partial charge in [-0.25, -0.2) is 4.39 Å². The van der Waals surface area contributed by atoms with Gasteiger partial charge in [0, 0.05) is 22.4 Å². The Morgan fingerprint density at radius 2 is 2.11 bits per heavy atom. The minimum absolute atomic E-state index is 0.198. The largest absolute Gasteiger partial charge is 0.313 e. The van der Waals surface area contributed by atoms with Crippen LogP contribution in [0.15, 0.2) is 18.2 Å². The highest BCUT2D eigenvalue weighted by atomic mass is 35.5. The molecule has 0 aliphatic heterocycles. The molecule has 0 aromatic heterocycles. The van der Waals surface area contributed by atoms with Crippen molar-refractivity contribution in [3.05, 3.63) is 34.6 Å². The molecule has 1 nitrogen and oxygen atoms in total. The summed E-state index contributed by atoms with van der Waals surface area (Å²) in [4.78, 5) is 0. The fourth-order valence-electron chi connectivity index (χ4n) is 1.88. The predicted octanol–water partition coefficient (Wildman–Crippen LogP) is 4.53. The normalized spacial score (nSPS) is 12.6. The summed E-state index contributed by atoms with van der Waals surface area (Å²) in [5.74, 6) is 1.95. The highest BCUT2D eigenvalue weighted by molar-refractivity contribution is 7.99.